The molecule has 0 aliphatic rings. The highest BCUT2D eigenvalue weighted by Crippen LogP contribution is 2.28. The van der Waals surface area contributed by atoms with Gasteiger partial charge in [-0.2, -0.15) is 5.10 Å². The number of nitrogens with zero attached hydrogens (tertiary/aromatic N) is 1. The number of nitrogens with one attached hydrogen (secondary N) is 2. The van der Waals surface area contributed by atoms with Gasteiger partial charge in [0.2, 0.25) is 0 Å². The Labute approximate surface area is 139 Å². The number of hydrogen-bond donors (Lipinski definition) is 3. The molecule has 3 aromatic rings. The summed E-state index contributed by atoms with van der Waals surface area (Å²) in [7, 11) is 1.59. The van der Waals surface area contributed by atoms with Crippen molar-refractivity contribution in [1.82, 2.24) is 10.2 Å². The topological polar surface area (TPSA) is 87.2 Å². The average Bonchev–Trinajstić information content (AvgIpc) is 3.12. The minimum absolute atomic E-state index is 0.0777. The molecule has 0 aliphatic heterocycles. The lowest BCUT2D eigenvalue weighted by Crippen LogP contribution is -2.12. The van der Waals surface area contributed by atoms with Gasteiger partial charge in [-0.05, 0) is 35.9 Å². The van der Waals surface area contributed by atoms with Gasteiger partial charge in [-0.1, -0.05) is 24.3 Å². The lowest BCUT2D eigenvalue weighted by molar-refractivity contribution is 0.102. The Morgan fingerprint density at radius 1 is 1.21 bits per heavy atom. The second-order valence-corrected chi connectivity index (χ2v) is 5.18. The van der Waals surface area contributed by atoms with Gasteiger partial charge in [0, 0.05) is 11.3 Å². The standard InChI is InChI=1S/C18H17N3O3/c1-24-17-8-3-2-7-14(17)15-10-16(21-20-15)18(23)19-13-6-4-5-12(9-13)11-22/h2-10,22H,11H2,1H3,(H,19,23)(H,20,21). The molecule has 0 saturated heterocycles. The summed E-state index contributed by atoms with van der Waals surface area (Å²) >= 11 is 0. The summed E-state index contributed by atoms with van der Waals surface area (Å²) in [6.07, 6.45) is 0. The maximum absolute atomic E-state index is 12.3. The first-order valence-electron chi connectivity index (χ1n) is 7.41. The number of methoxy groups -OCH3 is 1. The van der Waals surface area contributed by atoms with Crippen LogP contribution < -0.4 is 10.1 Å². The number of H-pyrrole nitrogens is 1. The van der Waals surface area contributed by atoms with Crippen LogP contribution in [0.25, 0.3) is 11.3 Å². The normalized spacial score (nSPS) is 10.4. The largest absolute Gasteiger partial charge is 0.496 e. The van der Waals surface area contributed by atoms with Crippen molar-refractivity contribution in [2.45, 2.75) is 6.61 Å². The second kappa shape index (κ2) is 6.97. The fourth-order valence-electron chi connectivity index (χ4n) is 2.38. The molecule has 6 nitrogen and oxygen atoms in total. The number of aliphatic hydroxyl groups excluding tert-OH is 1. The summed E-state index contributed by atoms with van der Waals surface area (Å²) in [5.41, 5.74) is 3.11. The Balaban J connectivity index is 1.81. The molecule has 0 fully saturated rings. The molecule has 6 heteroatoms. The number of aromatic nitrogens is 2. The molecule has 0 atom stereocenters. The van der Waals surface area contributed by atoms with Crippen molar-refractivity contribution in [2.24, 2.45) is 0 Å². The van der Waals surface area contributed by atoms with Gasteiger partial charge in [-0.3, -0.25) is 9.89 Å². The lowest BCUT2D eigenvalue weighted by atomic mass is 10.1. The molecule has 0 aliphatic carbocycles. The molecule has 122 valence electrons. The third-order valence-corrected chi connectivity index (χ3v) is 3.57. The Kier molecular flexibility index (Phi) is 4.58. The molecule has 1 heterocycles. The number of carbonyl (C=O) groups is 1. The molecule has 3 rings (SSSR count). The summed E-state index contributed by atoms with van der Waals surface area (Å²) in [4.78, 5) is 12.3. The van der Waals surface area contributed by atoms with Crippen molar-refractivity contribution in [1.29, 1.82) is 0 Å². The van der Waals surface area contributed by atoms with Crippen LogP contribution in [0.3, 0.4) is 0 Å². The van der Waals surface area contributed by atoms with Crippen LogP contribution in [0.4, 0.5) is 5.69 Å². The molecule has 0 unspecified atom stereocenters. The molecule has 0 bridgehead atoms. The van der Waals surface area contributed by atoms with Gasteiger partial charge in [-0.25, -0.2) is 0 Å². The average molecular weight is 323 g/mol. The van der Waals surface area contributed by atoms with Crippen LogP contribution in [0.1, 0.15) is 16.1 Å². The zero-order chi connectivity index (χ0) is 16.9. The van der Waals surface area contributed by atoms with Crippen LogP contribution in [0.2, 0.25) is 0 Å². The summed E-state index contributed by atoms with van der Waals surface area (Å²) < 4.78 is 5.31. The zero-order valence-electron chi connectivity index (χ0n) is 13.1. The molecular formula is C18H17N3O3. The number of benzene rings is 2. The van der Waals surface area contributed by atoms with Gasteiger partial charge >= 0.3 is 0 Å². The highest BCUT2D eigenvalue weighted by molar-refractivity contribution is 6.03. The van der Waals surface area contributed by atoms with E-state index in [-0.39, 0.29) is 12.5 Å². The van der Waals surface area contributed by atoms with Crippen molar-refractivity contribution in [2.75, 3.05) is 12.4 Å². The Bertz CT molecular complexity index is 858. The summed E-state index contributed by atoms with van der Waals surface area (Å²) in [6, 6.07) is 16.2. The molecule has 2 aromatic carbocycles. The van der Waals surface area contributed by atoms with Crippen molar-refractivity contribution in [3.63, 3.8) is 0 Å². The van der Waals surface area contributed by atoms with Gasteiger partial charge in [0.05, 0.1) is 19.4 Å². The molecule has 3 N–H and O–H groups in total. The minimum atomic E-state index is -0.307. The van der Waals surface area contributed by atoms with E-state index in [0.29, 0.717) is 22.8 Å². The smallest absolute Gasteiger partial charge is 0.273 e. The van der Waals surface area contributed by atoms with Gasteiger partial charge < -0.3 is 15.2 Å². The first kappa shape index (κ1) is 15.8. The Morgan fingerprint density at radius 2 is 2.04 bits per heavy atom. The lowest BCUT2D eigenvalue weighted by Gasteiger charge is -2.05. The van der Waals surface area contributed by atoms with Gasteiger partial charge in [0.15, 0.2) is 0 Å². The van der Waals surface area contributed by atoms with Gasteiger partial charge in [0.1, 0.15) is 11.4 Å². The van der Waals surface area contributed by atoms with E-state index >= 15 is 0 Å². The fraction of sp³-hybridized carbons (Fsp3) is 0.111. The van der Waals surface area contributed by atoms with Crippen LogP contribution in [0.5, 0.6) is 5.75 Å². The van der Waals surface area contributed by atoms with Crippen LogP contribution >= 0.6 is 0 Å². The third-order valence-electron chi connectivity index (χ3n) is 3.57. The molecule has 1 aromatic heterocycles. The summed E-state index contributed by atoms with van der Waals surface area (Å²) in [6.45, 7) is -0.0777. The predicted molar refractivity (Wildman–Crippen MR) is 90.9 cm³/mol. The highest BCUT2D eigenvalue weighted by Gasteiger charge is 2.13. The van der Waals surface area contributed by atoms with E-state index in [1.54, 1.807) is 37.4 Å². The van der Waals surface area contributed by atoms with Crippen molar-refractivity contribution < 1.29 is 14.6 Å². The van der Waals surface area contributed by atoms with E-state index in [1.165, 1.54) is 0 Å². The van der Waals surface area contributed by atoms with E-state index in [2.05, 4.69) is 15.5 Å². The molecule has 1 amide bonds. The van der Waals surface area contributed by atoms with E-state index in [9.17, 15) is 4.79 Å². The minimum Gasteiger partial charge on any atom is -0.496 e. The Morgan fingerprint density at radius 3 is 2.83 bits per heavy atom. The first-order chi connectivity index (χ1) is 11.7. The van der Waals surface area contributed by atoms with Crippen LogP contribution in [0, 0.1) is 0 Å². The monoisotopic (exact) mass is 323 g/mol. The van der Waals surface area contributed by atoms with E-state index in [4.69, 9.17) is 9.84 Å². The van der Waals surface area contributed by atoms with E-state index in [0.717, 1.165) is 11.1 Å². The fourth-order valence-corrected chi connectivity index (χ4v) is 2.38. The van der Waals surface area contributed by atoms with Crippen LogP contribution in [0.15, 0.2) is 54.6 Å². The molecule has 0 spiro atoms. The van der Waals surface area contributed by atoms with Crippen LogP contribution in [-0.2, 0) is 6.61 Å². The SMILES string of the molecule is COc1ccccc1-c1cc(C(=O)Nc2cccc(CO)c2)[nH]n1. The number of anilines is 1. The second-order valence-electron chi connectivity index (χ2n) is 5.18. The molecule has 24 heavy (non-hydrogen) atoms. The maximum atomic E-state index is 12.3. The number of aromatic amines is 1. The summed E-state index contributed by atoms with van der Waals surface area (Å²) in [5.74, 6) is 0.380. The number of amides is 1. The van der Waals surface area contributed by atoms with Gasteiger partial charge in [0.25, 0.3) is 5.91 Å². The van der Waals surface area contributed by atoms with Crippen molar-refractivity contribution in [3.05, 3.63) is 65.9 Å². The number of aliphatic hydroxyl groups is 1. The van der Waals surface area contributed by atoms with Crippen molar-refractivity contribution >= 4 is 11.6 Å². The molecule has 0 saturated carbocycles. The number of hydrogen-bond acceptors (Lipinski definition) is 4. The zero-order valence-corrected chi connectivity index (χ0v) is 13.1. The quantitative estimate of drug-likeness (QED) is 0.674. The number of para-hydroxylation sites is 1. The molecule has 0 radical (unpaired) electrons. The van der Waals surface area contributed by atoms with Crippen molar-refractivity contribution in [3.8, 4) is 17.0 Å². The Hall–Kier alpha value is -3.12. The predicted octanol–water partition coefficient (Wildman–Crippen LogP) is 2.83. The molecular weight excluding hydrogens is 306 g/mol. The number of rotatable bonds is 5. The highest BCUT2D eigenvalue weighted by atomic mass is 16.5. The number of ether oxygens (including phenoxy) is 1. The van der Waals surface area contributed by atoms with E-state index < -0.39 is 0 Å². The third kappa shape index (κ3) is 3.28. The number of carbonyl (C=O) groups excluding carboxylic acids is 1. The van der Waals surface area contributed by atoms with E-state index in [1.807, 2.05) is 24.3 Å². The summed E-state index contributed by atoms with van der Waals surface area (Å²) in [5, 5.41) is 18.8. The van der Waals surface area contributed by atoms with Crippen LogP contribution in [-0.4, -0.2) is 28.3 Å². The first-order valence-corrected chi connectivity index (χ1v) is 7.41. The maximum Gasteiger partial charge on any atom is 0.273 e. The van der Waals surface area contributed by atoms with Gasteiger partial charge in [-0.15, -0.1) is 0 Å².